The molecule has 0 heterocycles. The van der Waals surface area contributed by atoms with Gasteiger partial charge in [-0.25, -0.2) is 8.78 Å². The van der Waals surface area contributed by atoms with Crippen molar-refractivity contribution in [3.05, 3.63) is 94.5 Å². The van der Waals surface area contributed by atoms with Gasteiger partial charge in [0, 0.05) is 0 Å². The summed E-state index contributed by atoms with van der Waals surface area (Å²) in [4.78, 5) is 0. The number of hydrogen-bond donors (Lipinski definition) is 0. The largest absolute Gasteiger partial charge is 0.454 e. The fourth-order valence-corrected chi connectivity index (χ4v) is 3.37. The first-order valence-corrected chi connectivity index (χ1v) is 9.70. The molecule has 0 amide bonds. The molecule has 0 aromatic heterocycles. The molecule has 0 fully saturated rings. The van der Waals surface area contributed by atoms with Crippen molar-refractivity contribution in [2.45, 2.75) is 38.5 Å². The van der Waals surface area contributed by atoms with E-state index in [2.05, 4.69) is 13.8 Å². The standard InChI is InChI=1S/C24H23ClF2O/c1-24(2,18-11-13-21(26)20(25)16-18)14-6-7-17-10-12-22(27)23(15-17)28-19-8-4-3-5-9-19/h3-5,8-13,15-16H,6-7,14H2,1-2H3. The van der Waals surface area contributed by atoms with Crippen LogP contribution in [0.1, 0.15) is 37.8 Å². The van der Waals surface area contributed by atoms with E-state index in [9.17, 15) is 8.78 Å². The lowest BCUT2D eigenvalue weighted by Gasteiger charge is -2.25. The number of aryl methyl sites for hydroxylation is 1. The Morgan fingerprint density at radius 2 is 1.61 bits per heavy atom. The Bertz CT molecular complexity index is 939. The van der Waals surface area contributed by atoms with E-state index in [1.54, 1.807) is 36.4 Å². The van der Waals surface area contributed by atoms with E-state index in [0.29, 0.717) is 5.75 Å². The average molecular weight is 401 g/mol. The van der Waals surface area contributed by atoms with Crippen LogP contribution in [0.15, 0.2) is 66.7 Å². The highest BCUT2D eigenvalue weighted by atomic mass is 35.5. The van der Waals surface area contributed by atoms with E-state index in [1.807, 2.05) is 18.2 Å². The predicted octanol–water partition coefficient (Wildman–Crippen LogP) is 7.71. The number of rotatable bonds is 7. The molecule has 28 heavy (non-hydrogen) atoms. The molecule has 3 aromatic carbocycles. The second-order valence-corrected chi connectivity index (χ2v) is 7.95. The van der Waals surface area contributed by atoms with Gasteiger partial charge in [-0.05, 0) is 72.2 Å². The average Bonchev–Trinajstić information content (AvgIpc) is 2.67. The summed E-state index contributed by atoms with van der Waals surface area (Å²) in [6.45, 7) is 4.23. The summed E-state index contributed by atoms with van der Waals surface area (Å²) in [7, 11) is 0. The van der Waals surface area contributed by atoms with Crippen molar-refractivity contribution in [3.63, 3.8) is 0 Å². The molecule has 0 saturated carbocycles. The van der Waals surface area contributed by atoms with E-state index >= 15 is 0 Å². The lowest BCUT2D eigenvalue weighted by molar-refractivity contribution is 0.439. The highest BCUT2D eigenvalue weighted by Gasteiger charge is 2.21. The summed E-state index contributed by atoms with van der Waals surface area (Å²) >= 11 is 5.92. The van der Waals surface area contributed by atoms with Crippen LogP contribution in [0.5, 0.6) is 11.5 Å². The molecule has 0 aliphatic rings. The quantitative estimate of drug-likeness (QED) is 0.394. The van der Waals surface area contributed by atoms with Gasteiger partial charge in [0.2, 0.25) is 0 Å². The lowest BCUT2D eigenvalue weighted by Crippen LogP contribution is -2.17. The monoisotopic (exact) mass is 400 g/mol. The lowest BCUT2D eigenvalue weighted by atomic mass is 9.80. The number of benzene rings is 3. The summed E-state index contributed by atoms with van der Waals surface area (Å²) in [6, 6.07) is 19.0. The molecule has 0 aliphatic carbocycles. The molecule has 146 valence electrons. The van der Waals surface area contributed by atoms with Gasteiger partial charge in [-0.2, -0.15) is 0 Å². The molecule has 1 nitrogen and oxygen atoms in total. The van der Waals surface area contributed by atoms with E-state index in [1.165, 1.54) is 12.1 Å². The van der Waals surface area contributed by atoms with Gasteiger partial charge in [0.05, 0.1) is 5.02 Å². The van der Waals surface area contributed by atoms with Crippen LogP contribution >= 0.6 is 11.6 Å². The Kier molecular flexibility index (Phi) is 6.35. The zero-order valence-electron chi connectivity index (χ0n) is 16.0. The molecule has 0 N–H and O–H groups in total. The van der Waals surface area contributed by atoms with Crippen LogP contribution in [-0.2, 0) is 11.8 Å². The first-order valence-electron chi connectivity index (χ1n) is 9.32. The minimum Gasteiger partial charge on any atom is -0.454 e. The first-order chi connectivity index (χ1) is 13.3. The molecule has 0 spiro atoms. The van der Waals surface area contributed by atoms with Gasteiger partial charge in [0.25, 0.3) is 0 Å². The zero-order valence-corrected chi connectivity index (χ0v) is 16.8. The summed E-state index contributed by atoms with van der Waals surface area (Å²) in [6.07, 6.45) is 2.59. The maximum atomic E-state index is 14.1. The number of hydrogen-bond acceptors (Lipinski definition) is 1. The SMILES string of the molecule is CC(C)(CCCc1ccc(F)c(Oc2ccccc2)c1)c1ccc(F)c(Cl)c1. The summed E-state index contributed by atoms with van der Waals surface area (Å²) in [5.41, 5.74) is 1.88. The van der Waals surface area contributed by atoms with Crippen molar-refractivity contribution in [2.75, 3.05) is 0 Å². The fourth-order valence-electron chi connectivity index (χ4n) is 3.19. The topological polar surface area (TPSA) is 9.23 Å². The van der Waals surface area contributed by atoms with Crippen molar-refractivity contribution in [1.29, 1.82) is 0 Å². The van der Waals surface area contributed by atoms with Crippen molar-refractivity contribution >= 4 is 11.6 Å². The Morgan fingerprint density at radius 1 is 0.893 bits per heavy atom. The highest BCUT2D eigenvalue weighted by Crippen LogP contribution is 2.32. The maximum Gasteiger partial charge on any atom is 0.165 e. The smallest absolute Gasteiger partial charge is 0.165 e. The van der Waals surface area contributed by atoms with Crippen LogP contribution in [-0.4, -0.2) is 0 Å². The van der Waals surface area contributed by atoms with Gasteiger partial charge in [-0.3, -0.25) is 0 Å². The van der Waals surface area contributed by atoms with Crippen LogP contribution < -0.4 is 4.74 Å². The summed E-state index contributed by atoms with van der Waals surface area (Å²) in [5, 5.41) is 0.145. The molecule has 4 heteroatoms. The zero-order chi connectivity index (χ0) is 20.1. The minimum atomic E-state index is -0.404. The molecular weight excluding hydrogens is 378 g/mol. The number of ether oxygens (including phenoxy) is 1. The Balaban J connectivity index is 1.64. The van der Waals surface area contributed by atoms with Gasteiger partial charge < -0.3 is 4.74 Å². The molecule has 0 atom stereocenters. The fraction of sp³-hybridized carbons (Fsp3) is 0.250. The van der Waals surface area contributed by atoms with E-state index < -0.39 is 5.82 Å². The van der Waals surface area contributed by atoms with Crippen molar-refractivity contribution in [1.82, 2.24) is 0 Å². The van der Waals surface area contributed by atoms with Gasteiger partial charge >= 0.3 is 0 Å². The second kappa shape index (κ2) is 8.74. The van der Waals surface area contributed by atoms with Crippen LogP contribution in [0.2, 0.25) is 5.02 Å². The predicted molar refractivity (Wildman–Crippen MR) is 110 cm³/mol. The van der Waals surface area contributed by atoms with E-state index in [-0.39, 0.29) is 22.0 Å². The molecule has 3 aromatic rings. The summed E-state index contributed by atoms with van der Waals surface area (Å²) in [5.74, 6) is 0.0495. The van der Waals surface area contributed by atoms with E-state index in [4.69, 9.17) is 16.3 Å². The van der Waals surface area contributed by atoms with Gasteiger partial charge in [0.15, 0.2) is 11.6 Å². The second-order valence-electron chi connectivity index (χ2n) is 7.55. The third-order valence-corrected chi connectivity index (χ3v) is 5.22. The molecule has 0 radical (unpaired) electrons. The van der Waals surface area contributed by atoms with Crippen LogP contribution in [0.3, 0.4) is 0 Å². The molecule has 0 bridgehead atoms. The Hall–Kier alpha value is -2.39. The Labute approximate surface area is 169 Å². The van der Waals surface area contributed by atoms with Crippen molar-refractivity contribution < 1.29 is 13.5 Å². The van der Waals surface area contributed by atoms with Gasteiger partial charge in [0.1, 0.15) is 11.6 Å². The van der Waals surface area contributed by atoms with Crippen LogP contribution in [0.4, 0.5) is 8.78 Å². The molecule has 0 unspecified atom stereocenters. The molecular formula is C24H23ClF2O. The minimum absolute atomic E-state index is 0.138. The highest BCUT2D eigenvalue weighted by molar-refractivity contribution is 6.30. The third-order valence-electron chi connectivity index (χ3n) is 4.93. The van der Waals surface area contributed by atoms with Crippen LogP contribution in [0.25, 0.3) is 0 Å². The maximum absolute atomic E-state index is 14.1. The van der Waals surface area contributed by atoms with Crippen molar-refractivity contribution in [2.24, 2.45) is 0 Å². The van der Waals surface area contributed by atoms with Crippen LogP contribution in [0, 0.1) is 11.6 Å². The number of para-hydroxylation sites is 1. The molecule has 3 rings (SSSR count). The normalized spacial score (nSPS) is 11.5. The third kappa shape index (κ3) is 5.11. The summed E-state index contributed by atoms with van der Waals surface area (Å²) < 4.78 is 33.2. The van der Waals surface area contributed by atoms with E-state index in [0.717, 1.165) is 30.4 Å². The van der Waals surface area contributed by atoms with Crippen molar-refractivity contribution in [3.8, 4) is 11.5 Å². The first kappa shape index (κ1) is 20.3. The van der Waals surface area contributed by atoms with Gasteiger partial charge in [-0.15, -0.1) is 0 Å². The number of halogens is 3. The molecule has 0 aliphatic heterocycles. The van der Waals surface area contributed by atoms with Gasteiger partial charge in [-0.1, -0.05) is 55.8 Å². The molecule has 0 saturated heterocycles. The Morgan fingerprint density at radius 3 is 2.32 bits per heavy atom.